The van der Waals surface area contributed by atoms with Crippen molar-refractivity contribution < 1.29 is 14.3 Å². The topological polar surface area (TPSA) is 63.0 Å². The van der Waals surface area contributed by atoms with Crippen LogP contribution in [0.4, 0.5) is 0 Å². The summed E-state index contributed by atoms with van der Waals surface area (Å²) < 4.78 is -1.40. The maximum atomic E-state index is 2.56. The van der Waals surface area contributed by atoms with Gasteiger partial charge in [0.1, 0.15) is 0 Å². The Hall–Kier alpha value is 3.71. The summed E-state index contributed by atoms with van der Waals surface area (Å²) in [6, 6.07) is 0. The van der Waals surface area contributed by atoms with Crippen molar-refractivity contribution >= 4 is 72.5 Å². The van der Waals surface area contributed by atoms with E-state index in [1.54, 1.807) is 0 Å². The van der Waals surface area contributed by atoms with Crippen molar-refractivity contribution in [3.8, 4) is 0 Å². The van der Waals surface area contributed by atoms with Gasteiger partial charge in [-0.2, -0.15) is 0 Å². The third kappa shape index (κ3) is 41.9. The van der Waals surface area contributed by atoms with Crippen molar-refractivity contribution in [2.45, 2.75) is 0 Å². The first kappa shape index (κ1) is 17.0. The van der Waals surface area contributed by atoms with Crippen LogP contribution in [0, 0.1) is 0 Å². The van der Waals surface area contributed by atoms with Gasteiger partial charge in [0.05, 0.1) is 0 Å². The van der Waals surface area contributed by atoms with Gasteiger partial charge in [0.2, 0.25) is 0 Å². The van der Waals surface area contributed by atoms with Crippen molar-refractivity contribution in [3.05, 3.63) is 0 Å². The molecular weight excluding hydrogens is 718 g/mol. The van der Waals surface area contributed by atoms with Gasteiger partial charge >= 0.3 is 75.9 Å². The van der Waals surface area contributed by atoms with Crippen LogP contribution < -0.4 is 0 Å². The summed E-state index contributed by atoms with van der Waals surface area (Å²) in [6.07, 6.45) is 0. The first-order chi connectivity index (χ1) is 2.00. The Bertz CT molecular complexity index is 25.2. The summed E-state index contributed by atoms with van der Waals surface area (Å²) >= 11 is 10.2. The van der Waals surface area contributed by atoms with E-state index in [0.717, 1.165) is 0 Å². The average molecular weight is 722 g/mol. The molecule has 0 saturated heterocycles. The van der Waals surface area contributed by atoms with Crippen molar-refractivity contribution in [2.24, 2.45) is 0 Å². The zero-order valence-corrected chi connectivity index (χ0v) is 15.2. The molecule has 0 spiro atoms. The van der Waals surface area contributed by atoms with Crippen LogP contribution in [-0.2, 0) is 3.35 Å². The van der Waals surface area contributed by atoms with Gasteiger partial charge in [0, 0.05) is 0 Å². The molecular formula is H4HfI4O2. The molecule has 7 heavy (non-hydrogen) atoms. The van der Waals surface area contributed by atoms with Crippen LogP contribution in [0.15, 0.2) is 0 Å². The number of rotatable bonds is 0. The van der Waals surface area contributed by atoms with Crippen LogP contribution in [-0.4, -0.2) is 11.0 Å². The Morgan fingerprint density at radius 1 is 0.714 bits per heavy atom. The summed E-state index contributed by atoms with van der Waals surface area (Å²) in [5.41, 5.74) is 0. The Kier molecular flexibility index (Phi) is 19.0. The monoisotopic (exact) mass is 724 g/mol. The first-order valence-electron chi connectivity index (χ1n) is 0.756. The van der Waals surface area contributed by atoms with Crippen LogP contribution in [0.5, 0.6) is 0 Å². The quantitative estimate of drug-likeness (QED) is 0.271. The molecule has 2 nitrogen and oxygen atoms in total. The molecule has 0 atom stereocenters. The van der Waals surface area contributed by atoms with E-state index in [9.17, 15) is 0 Å². The van der Waals surface area contributed by atoms with Gasteiger partial charge in [0.15, 0.2) is 0 Å². The SMILES string of the molecule is O.O.[I][Hf]([I])([I])[I]. The van der Waals surface area contributed by atoms with Crippen molar-refractivity contribution in [3.63, 3.8) is 0 Å². The zero-order valence-electron chi connectivity index (χ0n) is 3.01. The molecule has 7 heteroatoms. The Balaban J connectivity index is -0.0000000800. The minimum absolute atomic E-state index is 0. The molecule has 0 aliphatic rings. The number of hydrogen-bond acceptors (Lipinski definition) is 0. The van der Waals surface area contributed by atoms with Gasteiger partial charge in [-0.1, -0.05) is 0 Å². The summed E-state index contributed by atoms with van der Waals surface area (Å²) in [5, 5.41) is 0. The van der Waals surface area contributed by atoms with Crippen molar-refractivity contribution in [1.29, 1.82) is 0 Å². The summed E-state index contributed by atoms with van der Waals surface area (Å²) in [6.45, 7) is 0. The van der Waals surface area contributed by atoms with Gasteiger partial charge in [-0.25, -0.2) is 0 Å². The zero-order chi connectivity index (χ0) is 4.50. The van der Waals surface area contributed by atoms with Crippen LogP contribution in [0.25, 0.3) is 0 Å². The molecule has 4 N–H and O–H groups in total. The molecule has 0 amide bonds. The Morgan fingerprint density at radius 3 is 0.714 bits per heavy atom. The summed E-state index contributed by atoms with van der Waals surface area (Å²) in [4.78, 5) is 0. The van der Waals surface area contributed by atoms with E-state index >= 15 is 0 Å². The number of halogens is 4. The first-order valence-corrected chi connectivity index (χ1v) is 41.5. The van der Waals surface area contributed by atoms with E-state index in [1.165, 1.54) is 0 Å². The molecule has 0 aromatic carbocycles. The summed E-state index contributed by atoms with van der Waals surface area (Å²) in [5.74, 6) is 0. The maximum absolute atomic E-state index is 2.56. The van der Waals surface area contributed by atoms with Gasteiger partial charge in [0.25, 0.3) is 0 Å². The standard InChI is InChI=1S/Hf.4HI.2H2O/h;4*1H;2*1H2/q+4;;;;;;/p-4. The predicted octanol–water partition coefficient (Wildman–Crippen LogP) is 1.89. The van der Waals surface area contributed by atoms with Crippen molar-refractivity contribution in [2.75, 3.05) is 0 Å². The fourth-order valence-electron chi connectivity index (χ4n) is 0. The molecule has 0 heterocycles. The number of hydrogen-bond donors (Lipinski definition) is 0. The predicted molar refractivity (Wildman–Crippen MR) is 63.3 cm³/mol. The van der Waals surface area contributed by atoms with E-state index in [4.69, 9.17) is 0 Å². The van der Waals surface area contributed by atoms with Crippen LogP contribution in [0.3, 0.4) is 0 Å². The van der Waals surface area contributed by atoms with E-state index in [0.29, 0.717) is 0 Å². The van der Waals surface area contributed by atoms with Crippen LogP contribution in [0.1, 0.15) is 0 Å². The average Bonchev–Trinajstić information content (AvgIpc) is 0.722. The van der Waals surface area contributed by atoms with Gasteiger partial charge in [-0.15, -0.1) is 0 Å². The van der Waals surface area contributed by atoms with E-state index in [-0.39, 0.29) is 11.0 Å². The van der Waals surface area contributed by atoms with Crippen molar-refractivity contribution in [1.82, 2.24) is 0 Å². The second kappa shape index (κ2) is 7.81. The minimum atomic E-state index is -1.40. The van der Waals surface area contributed by atoms with E-state index in [1.807, 2.05) is 0 Å². The summed E-state index contributed by atoms with van der Waals surface area (Å²) in [7, 11) is 0. The van der Waals surface area contributed by atoms with Crippen LogP contribution >= 0.6 is 72.5 Å². The molecule has 0 bridgehead atoms. The van der Waals surface area contributed by atoms with Crippen LogP contribution in [0.2, 0.25) is 0 Å². The molecule has 0 fully saturated rings. The molecule has 0 saturated carbocycles. The van der Waals surface area contributed by atoms with E-state index < -0.39 is 3.35 Å². The molecule has 0 aromatic heterocycles. The van der Waals surface area contributed by atoms with Gasteiger partial charge in [-0.05, 0) is 0 Å². The third-order valence-corrected chi connectivity index (χ3v) is 0. The Morgan fingerprint density at radius 2 is 0.714 bits per heavy atom. The normalized spacial score (nSPS) is 8.57. The molecule has 0 unspecified atom stereocenters. The Labute approximate surface area is 84.0 Å². The molecule has 0 rings (SSSR count). The van der Waals surface area contributed by atoms with Gasteiger partial charge < -0.3 is 11.0 Å². The molecule has 48 valence electrons. The fourth-order valence-corrected chi connectivity index (χ4v) is 0. The molecule has 0 radical (unpaired) electrons. The second-order valence-electron chi connectivity index (χ2n) is 0.429. The molecule has 0 aliphatic heterocycles. The fraction of sp³-hybridized carbons (Fsp3) is 0. The molecule has 0 aromatic rings. The van der Waals surface area contributed by atoms with E-state index in [2.05, 4.69) is 72.5 Å². The molecule has 0 aliphatic carbocycles. The third-order valence-electron chi connectivity index (χ3n) is 0. The second-order valence-corrected chi connectivity index (χ2v) is 158. The van der Waals surface area contributed by atoms with Gasteiger partial charge in [-0.3, -0.25) is 0 Å².